The Bertz CT molecular complexity index is 835. The van der Waals surface area contributed by atoms with Crippen LogP contribution in [0.25, 0.3) is 0 Å². The van der Waals surface area contributed by atoms with Crippen LogP contribution in [0, 0.1) is 5.82 Å². The zero-order valence-electron chi connectivity index (χ0n) is 15.4. The van der Waals surface area contributed by atoms with Crippen molar-refractivity contribution >= 4 is 11.9 Å². The highest BCUT2D eigenvalue weighted by Gasteiger charge is 2.32. The molecule has 0 bridgehead atoms. The average molecular weight is 371 g/mol. The van der Waals surface area contributed by atoms with Crippen molar-refractivity contribution in [2.24, 2.45) is 0 Å². The van der Waals surface area contributed by atoms with E-state index in [-0.39, 0.29) is 18.3 Å². The van der Waals surface area contributed by atoms with E-state index in [0.29, 0.717) is 30.9 Å². The van der Waals surface area contributed by atoms with Gasteiger partial charge in [-0.05, 0) is 61.7 Å². The highest BCUT2D eigenvalue weighted by atomic mass is 19.1. The Labute approximate surface area is 157 Å². The summed E-state index contributed by atoms with van der Waals surface area (Å²) in [6.07, 6.45) is 0.637. The summed E-state index contributed by atoms with van der Waals surface area (Å²) >= 11 is 0. The fourth-order valence-corrected chi connectivity index (χ4v) is 3.08. The molecule has 142 valence electrons. The Morgan fingerprint density at radius 2 is 1.96 bits per heavy atom. The van der Waals surface area contributed by atoms with Gasteiger partial charge in [0.2, 0.25) is 0 Å². The molecule has 1 unspecified atom stereocenters. The molecule has 0 aliphatic carbocycles. The van der Waals surface area contributed by atoms with Gasteiger partial charge in [0.1, 0.15) is 24.2 Å². The second-order valence-electron chi connectivity index (χ2n) is 6.41. The van der Waals surface area contributed by atoms with Gasteiger partial charge in [-0.3, -0.25) is 4.79 Å². The predicted molar refractivity (Wildman–Crippen MR) is 98.0 cm³/mol. The third kappa shape index (κ3) is 4.27. The summed E-state index contributed by atoms with van der Waals surface area (Å²) in [5, 5.41) is 0. The number of halogens is 1. The molecule has 2 aromatic carbocycles. The van der Waals surface area contributed by atoms with Crippen LogP contribution in [0.5, 0.6) is 5.75 Å². The molecule has 1 heterocycles. The number of ether oxygens (including phenoxy) is 2. The van der Waals surface area contributed by atoms with Gasteiger partial charge in [0.25, 0.3) is 5.91 Å². The molecule has 0 N–H and O–H groups in total. The lowest BCUT2D eigenvalue weighted by atomic mass is 9.97. The van der Waals surface area contributed by atoms with Crippen LogP contribution < -0.4 is 4.74 Å². The predicted octanol–water partition coefficient (Wildman–Crippen LogP) is 3.35. The second-order valence-corrected chi connectivity index (χ2v) is 6.41. The van der Waals surface area contributed by atoms with Gasteiger partial charge >= 0.3 is 5.97 Å². The van der Waals surface area contributed by atoms with Gasteiger partial charge in [-0.1, -0.05) is 12.1 Å². The Balaban J connectivity index is 1.68. The molecule has 0 spiro atoms. The van der Waals surface area contributed by atoms with Gasteiger partial charge < -0.3 is 14.4 Å². The monoisotopic (exact) mass is 371 g/mol. The minimum absolute atomic E-state index is 0.179. The zero-order chi connectivity index (χ0) is 19.4. The van der Waals surface area contributed by atoms with E-state index in [1.54, 1.807) is 43.0 Å². The number of benzene rings is 2. The molecule has 0 saturated carbocycles. The molecule has 2 aromatic rings. The number of amides is 1. The zero-order valence-corrected chi connectivity index (χ0v) is 15.4. The Morgan fingerprint density at radius 1 is 1.22 bits per heavy atom. The molecule has 0 radical (unpaired) electrons. The summed E-state index contributed by atoms with van der Waals surface area (Å²) in [4.78, 5) is 26.2. The summed E-state index contributed by atoms with van der Waals surface area (Å²) in [5.74, 6) is -0.208. The van der Waals surface area contributed by atoms with E-state index in [2.05, 4.69) is 0 Å². The molecular weight excluding hydrogens is 349 g/mol. The largest absolute Gasteiger partial charge is 0.489 e. The van der Waals surface area contributed by atoms with Gasteiger partial charge in [0, 0.05) is 12.1 Å². The first-order valence-corrected chi connectivity index (χ1v) is 8.97. The van der Waals surface area contributed by atoms with Gasteiger partial charge in [0.05, 0.1) is 6.61 Å². The number of rotatable bonds is 6. The molecule has 1 atom stereocenters. The molecule has 0 fully saturated rings. The molecular formula is C21H22FNO4. The van der Waals surface area contributed by atoms with Gasteiger partial charge in [-0.15, -0.1) is 0 Å². The number of carbonyl (C=O) groups is 2. The summed E-state index contributed by atoms with van der Waals surface area (Å²) in [7, 11) is 0. The van der Waals surface area contributed by atoms with Crippen molar-refractivity contribution in [3.8, 4) is 5.75 Å². The number of hydrogen-bond acceptors (Lipinski definition) is 4. The molecule has 0 saturated heterocycles. The molecule has 5 nitrogen and oxygen atoms in total. The normalized spacial score (nSPS) is 14.5. The summed E-state index contributed by atoms with van der Waals surface area (Å²) in [6, 6.07) is 10.8. The fraction of sp³-hybridized carbons (Fsp3) is 0.333. The van der Waals surface area contributed by atoms with E-state index in [1.807, 2.05) is 6.07 Å². The average Bonchev–Trinajstić information content (AvgIpc) is 2.67. The highest BCUT2D eigenvalue weighted by Crippen LogP contribution is 2.26. The SMILES string of the molecule is CCOC(=O)C(C)N1CCc2cc(OCc3ccc(F)cc3)ccc2C1=O. The summed E-state index contributed by atoms with van der Waals surface area (Å²) < 4.78 is 23.7. The maximum atomic E-state index is 13.0. The highest BCUT2D eigenvalue weighted by molar-refractivity contribution is 5.99. The van der Waals surface area contributed by atoms with E-state index in [4.69, 9.17) is 9.47 Å². The van der Waals surface area contributed by atoms with E-state index in [9.17, 15) is 14.0 Å². The minimum atomic E-state index is -0.611. The first-order chi connectivity index (χ1) is 13.0. The molecule has 6 heteroatoms. The second kappa shape index (κ2) is 8.20. The van der Waals surface area contributed by atoms with Gasteiger partial charge in [0.15, 0.2) is 0 Å². The van der Waals surface area contributed by atoms with Crippen LogP contribution in [0.1, 0.15) is 35.3 Å². The van der Waals surface area contributed by atoms with Crippen molar-refractivity contribution in [1.29, 1.82) is 0 Å². The van der Waals surface area contributed by atoms with Crippen molar-refractivity contribution in [1.82, 2.24) is 4.90 Å². The minimum Gasteiger partial charge on any atom is -0.489 e. The van der Waals surface area contributed by atoms with Crippen LogP contribution in [0.15, 0.2) is 42.5 Å². The van der Waals surface area contributed by atoms with E-state index in [0.717, 1.165) is 11.1 Å². The standard InChI is InChI=1S/C21H22FNO4/c1-3-26-21(25)14(2)23-11-10-16-12-18(8-9-19(16)20(23)24)27-13-15-4-6-17(22)7-5-15/h4-9,12,14H,3,10-11,13H2,1-2H3. The maximum absolute atomic E-state index is 13.0. The topological polar surface area (TPSA) is 55.8 Å². The van der Waals surface area contributed by atoms with Crippen LogP contribution in [0.2, 0.25) is 0 Å². The Hall–Kier alpha value is -2.89. The van der Waals surface area contributed by atoms with Crippen molar-refractivity contribution in [3.63, 3.8) is 0 Å². The first-order valence-electron chi connectivity index (χ1n) is 8.97. The van der Waals surface area contributed by atoms with Crippen molar-refractivity contribution in [3.05, 3.63) is 65.0 Å². The van der Waals surface area contributed by atoms with E-state index < -0.39 is 12.0 Å². The molecule has 1 aliphatic rings. The van der Waals surface area contributed by atoms with Crippen LogP contribution in [-0.4, -0.2) is 36.0 Å². The molecule has 1 aliphatic heterocycles. The van der Waals surface area contributed by atoms with E-state index >= 15 is 0 Å². The molecule has 27 heavy (non-hydrogen) atoms. The van der Waals surface area contributed by atoms with Gasteiger partial charge in [-0.25, -0.2) is 9.18 Å². The number of fused-ring (bicyclic) bond motifs is 1. The van der Waals surface area contributed by atoms with Crippen LogP contribution in [0.4, 0.5) is 4.39 Å². The summed E-state index contributed by atoms with van der Waals surface area (Å²) in [6.45, 7) is 4.48. The van der Waals surface area contributed by atoms with Crippen LogP contribution in [0.3, 0.4) is 0 Å². The number of hydrogen-bond donors (Lipinski definition) is 0. The van der Waals surface area contributed by atoms with Crippen molar-refractivity contribution < 1.29 is 23.5 Å². The summed E-state index contributed by atoms with van der Waals surface area (Å²) in [5.41, 5.74) is 2.33. The quantitative estimate of drug-likeness (QED) is 0.731. The van der Waals surface area contributed by atoms with Crippen molar-refractivity contribution in [2.45, 2.75) is 32.9 Å². The van der Waals surface area contributed by atoms with Crippen molar-refractivity contribution in [2.75, 3.05) is 13.2 Å². The third-order valence-corrected chi connectivity index (χ3v) is 4.60. The van der Waals surface area contributed by atoms with Crippen LogP contribution in [-0.2, 0) is 22.6 Å². The maximum Gasteiger partial charge on any atom is 0.328 e. The van der Waals surface area contributed by atoms with E-state index in [1.165, 1.54) is 12.1 Å². The smallest absolute Gasteiger partial charge is 0.328 e. The molecule has 0 aromatic heterocycles. The Kier molecular flexibility index (Phi) is 5.74. The number of esters is 1. The molecule has 1 amide bonds. The fourth-order valence-electron chi connectivity index (χ4n) is 3.08. The first kappa shape index (κ1) is 18.9. The number of carbonyl (C=O) groups excluding carboxylic acids is 2. The van der Waals surface area contributed by atoms with Crippen LogP contribution >= 0.6 is 0 Å². The lowest BCUT2D eigenvalue weighted by molar-refractivity contribution is -0.148. The molecule has 3 rings (SSSR count). The number of nitrogens with zero attached hydrogens (tertiary/aromatic N) is 1. The third-order valence-electron chi connectivity index (χ3n) is 4.60. The van der Waals surface area contributed by atoms with Gasteiger partial charge in [-0.2, -0.15) is 0 Å². The Morgan fingerprint density at radius 3 is 2.67 bits per heavy atom. The lowest BCUT2D eigenvalue weighted by Gasteiger charge is -2.32. The lowest BCUT2D eigenvalue weighted by Crippen LogP contribution is -2.47.